The lowest BCUT2D eigenvalue weighted by Gasteiger charge is -1.92. The van der Waals surface area contributed by atoms with E-state index in [1.807, 2.05) is 25.2 Å². The van der Waals surface area contributed by atoms with Crippen LogP contribution in [0.2, 0.25) is 0 Å². The second-order valence-corrected chi connectivity index (χ2v) is 2.65. The van der Waals surface area contributed by atoms with E-state index in [1.165, 1.54) is 6.33 Å². The van der Waals surface area contributed by atoms with Crippen LogP contribution in [0.4, 0.5) is 5.82 Å². The largest absolute Gasteiger partial charge is 0.383 e. The fraction of sp³-hybridized carbons (Fsp3) is 0.0909. The van der Waals surface area contributed by atoms with Crippen molar-refractivity contribution in [1.82, 2.24) is 9.97 Å². The first-order valence-corrected chi connectivity index (χ1v) is 4.32. The maximum absolute atomic E-state index is 5.70. The van der Waals surface area contributed by atoms with E-state index in [4.69, 9.17) is 5.73 Å². The Bertz CT molecular complexity index is 458. The van der Waals surface area contributed by atoms with Gasteiger partial charge in [0.15, 0.2) is 0 Å². The molecule has 0 amide bonds. The van der Waals surface area contributed by atoms with Crippen LogP contribution in [0.15, 0.2) is 31.1 Å². The molecule has 1 rings (SSSR count). The number of rotatable bonds is 2. The van der Waals surface area contributed by atoms with Crippen LogP contribution < -0.4 is 16.3 Å². The van der Waals surface area contributed by atoms with Gasteiger partial charge in [-0.25, -0.2) is 9.97 Å². The molecule has 1 aromatic heterocycles. The third-order valence-corrected chi connectivity index (χ3v) is 1.68. The quantitative estimate of drug-likeness (QED) is 0.728. The summed E-state index contributed by atoms with van der Waals surface area (Å²) in [6, 6.07) is 0. The number of aromatic nitrogens is 2. The van der Waals surface area contributed by atoms with Crippen molar-refractivity contribution in [2.45, 2.75) is 6.92 Å². The van der Waals surface area contributed by atoms with E-state index < -0.39 is 0 Å². The molecule has 0 saturated carbocycles. The summed E-state index contributed by atoms with van der Waals surface area (Å²) in [4.78, 5) is 8.03. The molecule has 0 unspecified atom stereocenters. The molecule has 0 aliphatic carbocycles. The summed E-state index contributed by atoms with van der Waals surface area (Å²) < 4.78 is 0. The number of hydrogen-bond donors (Lipinski definition) is 1. The summed E-state index contributed by atoms with van der Waals surface area (Å²) in [7, 11) is 0. The monoisotopic (exact) mass is 187 g/mol. The van der Waals surface area contributed by atoms with Gasteiger partial charge in [-0.2, -0.15) is 0 Å². The van der Waals surface area contributed by atoms with Gasteiger partial charge >= 0.3 is 0 Å². The minimum atomic E-state index is 0.468. The third-order valence-electron chi connectivity index (χ3n) is 1.68. The molecule has 0 saturated heterocycles. The first kappa shape index (κ1) is 10.2. The predicted octanol–water partition coefficient (Wildman–Crippen LogP) is 0.382. The number of nitrogens with two attached hydrogens (primary N) is 1. The molecule has 1 heterocycles. The van der Waals surface area contributed by atoms with Crippen molar-refractivity contribution in [3.8, 4) is 0 Å². The van der Waals surface area contributed by atoms with E-state index in [-0.39, 0.29) is 0 Å². The molecule has 0 aliphatic rings. The summed E-state index contributed by atoms with van der Waals surface area (Å²) in [6.45, 7) is 5.56. The summed E-state index contributed by atoms with van der Waals surface area (Å²) in [5, 5.41) is 1.61. The number of nitrogens with zero attached hydrogens (tertiary/aromatic N) is 2. The Morgan fingerprint density at radius 3 is 2.79 bits per heavy atom. The van der Waals surface area contributed by atoms with E-state index in [2.05, 4.69) is 16.5 Å². The zero-order chi connectivity index (χ0) is 10.4. The lowest BCUT2D eigenvalue weighted by Crippen LogP contribution is -2.31. The van der Waals surface area contributed by atoms with Crippen LogP contribution in [0.5, 0.6) is 0 Å². The fourth-order valence-corrected chi connectivity index (χ4v) is 1.03. The lowest BCUT2D eigenvalue weighted by molar-refractivity contribution is 1.11. The van der Waals surface area contributed by atoms with E-state index in [0.717, 1.165) is 10.6 Å². The highest BCUT2D eigenvalue weighted by Crippen LogP contribution is 1.79. The summed E-state index contributed by atoms with van der Waals surface area (Å²) in [5.41, 5.74) is 5.70. The minimum absolute atomic E-state index is 0.468. The van der Waals surface area contributed by atoms with Crippen LogP contribution in [-0.4, -0.2) is 9.97 Å². The van der Waals surface area contributed by atoms with E-state index in [1.54, 1.807) is 12.2 Å². The van der Waals surface area contributed by atoms with Crippen molar-refractivity contribution in [2.75, 3.05) is 5.73 Å². The Morgan fingerprint density at radius 1 is 1.36 bits per heavy atom. The van der Waals surface area contributed by atoms with Gasteiger partial charge in [0.25, 0.3) is 0 Å². The molecule has 2 N–H and O–H groups in total. The Kier molecular flexibility index (Phi) is 3.61. The second-order valence-electron chi connectivity index (χ2n) is 2.65. The lowest BCUT2D eigenvalue weighted by atomic mass is 10.3. The molecule has 0 fully saturated rings. The Hall–Kier alpha value is -1.90. The Morgan fingerprint density at radius 2 is 2.14 bits per heavy atom. The first-order chi connectivity index (χ1) is 6.79. The molecule has 0 aliphatic heterocycles. The van der Waals surface area contributed by atoms with E-state index in [9.17, 15) is 0 Å². The Balaban J connectivity index is 3.51. The predicted molar refractivity (Wildman–Crippen MR) is 59.6 cm³/mol. The van der Waals surface area contributed by atoms with Gasteiger partial charge in [0, 0.05) is 5.22 Å². The molecule has 0 bridgehead atoms. The van der Waals surface area contributed by atoms with Gasteiger partial charge in [-0.1, -0.05) is 24.8 Å². The van der Waals surface area contributed by atoms with Gasteiger partial charge in [0.2, 0.25) is 0 Å². The van der Waals surface area contributed by atoms with Gasteiger partial charge in [-0.15, -0.1) is 0 Å². The minimum Gasteiger partial charge on any atom is -0.383 e. The van der Waals surface area contributed by atoms with Gasteiger partial charge in [-0.3, -0.25) is 0 Å². The number of allylic oxidation sites excluding steroid dienone is 3. The third kappa shape index (κ3) is 2.29. The molecule has 0 aromatic carbocycles. The number of nitrogen functional groups attached to an aromatic ring is 1. The molecule has 1 aromatic rings. The second kappa shape index (κ2) is 4.97. The van der Waals surface area contributed by atoms with E-state index >= 15 is 0 Å². The maximum Gasteiger partial charge on any atom is 0.134 e. The molecule has 14 heavy (non-hydrogen) atoms. The molecule has 3 heteroatoms. The van der Waals surface area contributed by atoms with Crippen LogP contribution >= 0.6 is 0 Å². The molecule has 3 nitrogen and oxygen atoms in total. The van der Waals surface area contributed by atoms with Crippen molar-refractivity contribution in [3.63, 3.8) is 0 Å². The molecule has 0 atom stereocenters. The first-order valence-electron chi connectivity index (χ1n) is 4.32. The van der Waals surface area contributed by atoms with E-state index in [0.29, 0.717) is 5.82 Å². The smallest absolute Gasteiger partial charge is 0.134 e. The summed E-state index contributed by atoms with van der Waals surface area (Å²) >= 11 is 0. The van der Waals surface area contributed by atoms with Crippen molar-refractivity contribution in [2.24, 2.45) is 0 Å². The maximum atomic E-state index is 5.70. The average molecular weight is 187 g/mol. The molecular weight excluding hydrogens is 174 g/mol. The van der Waals surface area contributed by atoms with Crippen molar-refractivity contribution >= 4 is 18.0 Å². The van der Waals surface area contributed by atoms with Crippen LogP contribution in [0.3, 0.4) is 0 Å². The summed E-state index contributed by atoms with van der Waals surface area (Å²) in [6.07, 6.45) is 10.6. The van der Waals surface area contributed by atoms with Gasteiger partial charge in [-0.05, 0) is 19.1 Å². The normalized spacial score (nSPS) is 13.8. The highest BCUT2D eigenvalue weighted by Gasteiger charge is 1.90. The SMILES string of the molecule is C=C/C=c1/c(N)ncn/c1=C/C=C\C. The molecular formula is C11H13N3. The number of anilines is 1. The Labute approximate surface area is 83.0 Å². The van der Waals surface area contributed by atoms with Gasteiger partial charge in [0.05, 0.1) is 5.35 Å². The van der Waals surface area contributed by atoms with Crippen molar-refractivity contribution in [1.29, 1.82) is 0 Å². The highest BCUT2D eigenvalue weighted by atomic mass is 14.9. The molecule has 0 spiro atoms. The zero-order valence-electron chi connectivity index (χ0n) is 8.14. The molecule has 72 valence electrons. The van der Waals surface area contributed by atoms with Crippen LogP contribution in [0.1, 0.15) is 6.92 Å². The highest BCUT2D eigenvalue weighted by molar-refractivity contribution is 5.47. The standard InChI is InChI=1S/C11H13N3/c1-3-5-7-10-9(6-4-2)11(12)14-8-13-10/h3-8H,2H2,1H3,(H2,12,13,14)/b5-3-,9-6+,10-7+. The van der Waals surface area contributed by atoms with Gasteiger partial charge in [0.1, 0.15) is 12.1 Å². The zero-order valence-corrected chi connectivity index (χ0v) is 8.14. The van der Waals surface area contributed by atoms with Crippen molar-refractivity contribution < 1.29 is 0 Å². The fourth-order valence-electron chi connectivity index (χ4n) is 1.03. The van der Waals surface area contributed by atoms with Crippen LogP contribution in [0, 0.1) is 0 Å². The van der Waals surface area contributed by atoms with Crippen LogP contribution in [-0.2, 0) is 0 Å². The number of hydrogen-bond acceptors (Lipinski definition) is 3. The summed E-state index contributed by atoms with van der Waals surface area (Å²) in [5.74, 6) is 0.468. The van der Waals surface area contributed by atoms with Crippen LogP contribution in [0.25, 0.3) is 12.2 Å². The average Bonchev–Trinajstić information content (AvgIpc) is 2.19. The van der Waals surface area contributed by atoms with Crippen molar-refractivity contribution in [3.05, 3.63) is 41.7 Å². The van der Waals surface area contributed by atoms with Gasteiger partial charge < -0.3 is 5.73 Å². The molecule has 0 radical (unpaired) electrons. The topological polar surface area (TPSA) is 51.8 Å².